The zero-order valence-corrected chi connectivity index (χ0v) is 30.3. The van der Waals surface area contributed by atoms with Gasteiger partial charge in [-0.1, -0.05) is 109 Å². The Balaban J connectivity index is 1.14. The number of nitrogens with zero attached hydrogens (tertiary/aromatic N) is 5. The molecule has 0 fully saturated rings. The molecule has 0 saturated carbocycles. The fourth-order valence-corrected chi connectivity index (χ4v) is 9.15. The van der Waals surface area contributed by atoms with Crippen molar-refractivity contribution < 1.29 is 9.47 Å². The predicted molar refractivity (Wildman–Crippen MR) is 228 cm³/mol. The van der Waals surface area contributed by atoms with E-state index in [0.717, 1.165) is 106 Å². The van der Waals surface area contributed by atoms with Crippen molar-refractivity contribution in [2.75, 3.05) is 4.90 Å². The molecule has 0 unspecified atom stereocenters. The van der Waals surface area contributed by atoms with E-state index in [4.69, 9.17) is 19.4 Å². The fourth-order valence-electron chi connectivity index (χ4n) is 9.15. The Labute approximate surface area is 325 Å². The van der Waals surface area contributed by atoms with E-state index in [-0.39, 0.29) is 0 Å². The van der Waals surface area contributed by atoms with Crippen molar-refractivity contribution in [1.82, 2.24) is 19.1 Å². The van der Waals surface area contributed by atoms with Crippen LogP contribution in [-0.2, 0) is 0 Å². The fraction of sp³-hybridized carbons (Fsp3) is 0. The number of aromatic nitrogens is 4. The first-order valence-corrected chi connectivity index (χ1v) is 19.1. The van der Waals surface area contributed by atoms with Crippen LogP contribution in [-0.4, -0.2) is 19.1 Å². The summed E-state index contributed by atoms with van der Waals surface area (Å²) in [6.45, 7) is 0. The maximum atomic E-state index is 7.00. The summed E-state index contributed by atoms with van der Waals surface area (Å²) in [6, 6.07) is 61.0. The minimum absolute atomic E-state index is 0.557. The van der Waals surface area contributed by atoms with Gasteiger partial charge in [0.2, 0.25) is 5.95 Å². The van der Waals surface area contributed by atoms with E-state index in [1.165, 1.54) is 0 Å². The van der Waals surface area contributed by atoms with Gasteiger partial charge in [-0.3, -0.25) is 9.47 Å². The number of benzene rings is 8. The van der Waals surface area contributed by atoms with Gasteiger partial charge in [-0.15, -0.1) is 0 Å². The van der Waals surface area contributed by atoms with Gasteiger partial charge in [0.15, 0.2) is 23.0 Å². The average Bonchev–Trinajstić information content (AvgIpc) is 3.79. The smallest absolute Gasteiger partial charge is 0.235 e. The quantitative estimate of drug-likeness (QED) is 0.181. The summed E-state index contributed by atoms with van der Waals surface area (Å²) in [5, 5.41) is 5.32. The number of fused-ring (bicyclic) bond motifs is 12. The first kappa shape index (κ1) is 30.4. The first-order valence-electron chi connectivity index (χ1n) is 19.1. The molecule has 0 bridgehead atoms. The summed E-state index contributed by atoms with van der Waals surface area (Å²) >= 11 is 0. The van der Waals surface area contributed by atoms with Gasteiger partial charge in [0.1, 0.15) is 11.2 Å². The monoisotopic (exact) mass is 731 g/mol. The van der Waals surface area contributed by atoms with E-state index < -0.39 is 0 Å². The van der Waals surface area contributed by atoms with Crippen LogP contribution in [0, 0.1) is 0 Å². The van der Waals surface area contributed by atoms with Crippen LogP contribution in [0.1, 0.15) is 0 Å². The lowest BCUT2D eigenvalue weighted by Gasteiger charge is -2.38. The van der Waals surface area contributed by atoms with Crippen molar-refractivity contribution in [3.8, 4) is 45.9 Å². The molecule has 2 aliphatic rings. The van der Waals surface area contributed by atoms with E-state index in [1.807, 2.05) is 42.5 Å². The normalized spacial score (nSPS) is 12.8. The highest BCUT2D eigenvalue weighted by Crippen LogP contribution is 2.62. The van der Waals surface area contributed by atoms with Crippen LogP contribution in [0.3, 0.4) is 0 Å². The summed E-state index contributed by atoms with van der Waals surface area (Å²) in [4.78, 5) is 13.2. The number of anilines is 3. The second-order valence-corrected chi connectivity index (χ2v) is 14.6. The lowest BCUT2D eigenvalue weighted by molar-refractivity contribution is 0.449. The Hall–Kier alpha value is -7.90. The molecule has 57 heavy (non-hydrogen) atoms. The van der Waals surface area contributed by atoms with E-state index in [0.29, 0.717) is 11.7 Å². The maximum Gasteiger partial charge on any atom is 0.235 e. The van der Waals surface area contributed by atoms with Gasteiger partial charge in [0, 0.05) is 38.2 Å². The Kier molecular flexibility index (Phi) is 6.04. The summed E-state index contributed by atoms with van der Waals surface area (Å²) in [5.41, 5.74) is 10.7. The van der Waals surface area contributed by atoms with Crippen LogP contribution < -0.4 is 14.4 Å². The lowest BCUT2D eigenvalue weighted by atomic mass is 10.0. The topological polar surface area (TPSA) is 57.3 Å². The standard InChI is InChI=1S/C50H29N5O2/c1-2-15-30(16-3-1)53-38-23-9-6-19-33(38)45-34(20-14-26-41(45)53)46-32-18-4-7-21-36(32)51-50(52-46)55-37-22-8-5-17-31(37)35-29-44-48-49(47(35)55)57-43-28-13-11-25-40(43)54(48)39-24-10-12-27-42(39)56-44/h1-29H. The van der Waals surface area contributed by atoms with Crippen molar-refractivity contribution in [3.05, 3.63) is 176 Å². The lowest BCUT2D eigenvalue weighted by Crippen LogP contribution is -2.20. The van der Waals surface area contributed by atoms with Gasteiger partial charge in [-0.2, -0.15) is 0 Å². The van der Waals surface area contributed by atoms with Gasteiger partial charge >= 0.3 is 0 Å². The highest BCUT2D eigenvalue weighted by molar-refractivity contribution is 6.18. The second kappa shape index (κ2) is 11.3. The van der Waals surface area contributed by atoms with Gasteiger partial charge in [0.05, 0.1) is 39.1 Å². The van der Waals surface area contributed by atoms with Crippen molar-refractivity contribution in [1.29, 1.82) is 0 Å². The molecule has 7 nitrogen and oxygen atoms in total. The largest absolute Gasteiger partial charge is 0.453 e. The molecule has 266 valence electrons. The Morgan fingerprint density at radius 2 is 1.07 bits per heavy atom. The Morgan fingerprint density at radius 3 is 1.88 bits per heavy atom. The van der Waals surface area contributed by atoms with Gasteiger partial charge < -0.3 is 14.0 Å². The van der Waals surface area contributed by atoms with E-state index in [9.17, 15) is 0 Å². The van der Waals surface area contributed by atoms with Gasteiger partial charge in [-0.25, -0.2) is 9.97 Å². The molecule has 0 amide bonds. The van der Waals surface area contributed by atoms with Crippen LogP contribution >= 0.6 is 0 Å². The van der Waals surface area contributed by atoms with E-state index in [1.54, 1.807) is 0 Å². The van der Waals surface area contributed by atoms with Crippen LogP contribution in [0.2, 0.25) is 0 Å². The Morgan fingerprint density at radius 1 is 0.439 bits per heavy atom. The third kappa shape index (κ3) is 4.14. The van der Waals surface area contributed by atoms with Gasteiger partial charge in [0.25, 0.3) is 0 Å². The van der Waals surface area contributed by atoms with Crippen molar-refractivity contribution in [2.45, 2.75) is 0 Å². The molecular weight excluding hydrogens is 703 g/mol. The third-order valence-corrected chi connectivity index (χ3v) is 11.5. The SMILES string of the molecule is c1ccc(-n2c3ccccc3c3c(-c4nc(-n5c6ccccc6c6cc7c8c(c65)Oc5ccccc5N8c5ccccc5O7)nc5ccccc45)cccc32)cc1. The molecule has 5 heterocycles. The molecule has 13 rings (SSSR count). The Bertz CT molecular complexity index is 3480. The number of hydrogen-bond donors (Lipinski definition) is 0. The average molecular weight is 732 g/mol. The number of rotatable bonds is 3. The molecule has 11 aromatic rings. The van der Waals surface area contributed by atoms with Crippen molar-refractivity contribution in [3.63, 3.8) is 0 Å². The van der Waals surface area contributed by atoms with Crippen molar-refractivity contribution >= 4 is 71.6 Å². The van der Waals surface area contributed by atoms with Gasteiger partial charge in [-0.05, 0) is 66.7 Å². The van der Waals surface area contributed by atoms with Crippen LogP contribution in [0.25, 0.3) is 77.4 Å². The first-order chi connectivity index (χ1) is 28.3. The number of ether oxygens (including phenoxy) is 2. The third-order valence-electron chi connectivity index (χ3n) is 11.5. The molecule has 3 aromatic heterocycles. The van der Waals surface area contributed by atoms with Crippen LogP contribution in [0.15, 0.2) is 176 Å². The summed E-state index contributed by atoms with van der Waals surface area (Å²) in [7, 11) is 0. The molecule has 0 saturated heterocycles. The minimum Gasteiger partial charge on any atom is -0.453 e. The van der Waals surface area contributed by atoms with Crippen LogP contribution in [0.4, 0.5) is 17.1 Å². The summed E-state index contributed by atoms with van der Waals surface area (Å²) < 4.78 is 18.2. The number of hydrogen-bond acceptors (Lipinski definition) is 5. The minimum atomic E-state index is 0.557. The molecular formula is C50H29N5O2. The molecule has 0 N–H and O–H groups in total. The van der Waals surface area contributed by atoms with Crippen LogP contribution in [0.5, 0.6) is 23.0 Å². The molecule has 7 heteroatoms. The molecule has 0 spiro atoms. The summed E-state index contributed by atoms with van der Waals surface area (Å²) in [5.74, 6) is 3.54. The maximum absolute atomic E-state index is 7.00. The molecule has 0 radical (unpaired) electrons. The summed E-state index contributed by atoms with van der Waals surface area (Å²) in [6.07, 6.45) is 0. The van der Waals surface area contributed by atoms with Crippen molar-refractivity contribution in [2.24, 2.45) is 0 Å². The highest BCUT2D eigenvalue weighted by atomic mass is 16.5. The predicted octanol–water partition coefficient (Wildman–Crippen LogP) is 13.2. The zero-order chi connectivity index (χ0) is 37.2. The number of para-hydroxylation sites is 8. The molecule has 2 aliphatic heterocycles. The molecule has 8 aromatic carbocycles. The second-order valence-electron chi connectivity index (χ2n) is 14.6. The molecule has 0 atom stereocenters. The van der Waals surface area contributed by atoms with E-state index >= 15 is 0 Å². The molecule has 0 aliphatic carbocycles. The van der Waals surface area contributed by atoms with E-state index in [2.05, 4.69) is 147 Å². The highest BCUT2D eigenvalue weighted by Gasteiger charge is 2.38. The zero-order valence-electron chi connectivity index (χ0n) is 30.3.